The van der Waals surface area contributed by atoms with Gasteiger partial charge in [0, 0.05) is 0 Å². The maximum absolute atomic E-state index is 12.7. The fourth-order valence-corrected chi connectivity index (χ4v) is 4.17. The Labute approximate surface area is 124 Å². The van der Waals surface area contributed by atoms with Gasteiger partial charge in [0.25, 0.3) is 0 Å². The highest BCUT2D eigenvalue weighted by Gasteiger charge is 2.59. The fraction of sp³-hybridized carbons (Fsp3) is 0.444. The maximum atomic E-state index is 12.7. The lowest BCUT2D eigenvalue weighted by molar-refractivity contribution is -0.123. The molecule has 1 saturated heterocycles. The molecule has 108 valence electrons. The van der Waals surface area contributed by atoms with Crippen LogP contribution in [0.15, 0.2) is 36.4 Å². The Morgan fingerprint density at radius 2 is 1.48 bits per heavy atom. The molecule has 2 fully saturated rings. The summed E-state index contributed by atoms with van der Waals surface area (Å²) in [5.41, 5.74) is 1.95. The molecule has 1 aliphatic heterocycles. The number of anilines is 1. The molecule has 4 atom stereocenters. The summed E-state index contributed by atoms with van der Waals surface area (Å²) in [6, 6.07) is 7.84. The topological polar surface area (TPSA) is 37.4 Å². The Balaban J connectivity index is 1.68. The van der Waals surface area contributed by atoms with Crippen LogP contribution in [0.2, 0.25) is 0 Å². The molecule has 1 heterocycles. The van der Waals surface area contributed by atoms with Crippen LogP contribution in [0, 0.1) is 23.7 Å². The van der Waals surface area contributed by atoms with Crippen molar-refractivity contribution < 1.29 is 9.59 Å². The van der Waals surface area contributed by atoms with Gasteiger partial charge in [0.05, 0.1) is 17.5 Å². The lowest BCUT2D eigenvalue weighted by Crippen LogP contribution is -2.32. The van der Waals surface area contributed by atoms with Crippen molar-refractivity contribution in [3.05, 3.63) is 42.0 Å². The number of carbonyl (C=O) groups is 2. The highest BCUT2D eigenvalue weighted by atomic mass is 16.2. The molecule has 0 spiro atoms. The number of allylic oxidation sites excluding steroid dienone is 2. The minimum atomic E-state index is -0.114. The van der Waals surface area contributed by atoms with Crippen molar-refractivity contribution in [2.24, 2.45) is 23.7 Å². The SMILES string of the molecule is CC(C)c1ccc(N2C(=O)[C@@H]3[C@@H](C2=O)[C@H]2C=C[C@H]3C2)cc1. The summed E-state index contributed by atoms with van der Waals surface area (Å²) in [7, 11) is 0. The number of carbonyl (C=O) groups excluding carboxylic acids is 2. The monoisotopic (exact) mass is 281 g/mol. The van der Waals surface area contributed by atoms with Crippen LogP contribution in [0.1, 0.15) is 31.7 Å². The summed E-state index contributed by atoms with van der Waals surface area (Å²) in [6.45, 7) is 4.27. The summed E-state index contributed by atoms with van der Waals surface area (Å²) >= 11 is 0. The molecule has 2 aliphatic carbocycles. The summed E-state index contributed by atoms with van der Waals surface area (Å²) in [5.74, 6) is 0.768. The van der Waals surface area contributed by atoms with E-state index in [1.54, 1.807) is 0 Å². The van der Waals surface area contributed by atoms with Crippen LogP contribution in [-0.4, -0.2) is 11.8 Å². The first-order valence-electron chi connectivity index (χ1n) is 7.74. The molecule has 1 aromatic carbocycles. The van der Waals surface area contributed by atoms with Gasteiger partial charge in [-0.3, -0.25) is 14.5 Å². The molecule has 3 nitrogen and oxygen atoms in total. The molecule has 2 bridgehead atoms. The molecule has 4 rings (SSSR count). The van der Waals surface area contributed by atoms with E-state index in [2.05, 4.69) is 26.0 Å². The zero-order valence-corrected chi connectivity index (χ0v) is 12.3. The largest absolute Gasteiger partial charge is 0.274 e. The molecule has 3 aliphatic rings. The summed E-state index contributed by atoms with van der Waals surface area (Å²) < 4.78 is 0. The first kappa shape index (κ1) is 12.8. The third kappa shape index (κ3) is 1.66. The number of amides is 2. The lowest BCUT2D eigenvalue weighted by Gasteiger charge is -2.18. The van der Waals surface area contributed by atoms with Crippen LogP contribution in [0.5, 0.6) is 0 Å². The van der Waals surface area contributed by atoms with E-state index >= 15 is 0 Å². The van der Waals surface area contributed by atoms with Crippen LogP contribution >= 0.6 is 0 Å². The molecular formula is C18H19NO2. The zero-order chi connectivity index (χ0) is 14.7. The normalized spacial score (nSPS) is 33.4. The molecule has 0 aromatic heterocycles. The number of hydrogen-bond donors (Lipinski definition) is 0. The van der Waals surface area contributed by atoms with E-state index in [-0.39, 0.29) is 35.5 Å². The summed E-state index contributed by atoms with van der Waals surface area (Å²) in [4.78, 5) is 26.8. The first-order chi connectivity index (χ1) is 10.1. The summed E-state index contributed by atoms with van der Waals surface area (Å²) in [5, 5.41) is 0. The van der Waals surface area contributed by atoms with E-state index in [4.69, 9.17) is 0 Å². The van der Waals surface area contributed by atoms with Crippen molar-refractivity contribution in [1.82, 2.24) is 0 Å². The number of fused-ring (bicyclic) bond motifs is 5. The van der Waals surface area contributed by atoms with Crippen LogP contribution in [0.3, 0.4) is 0 Å². The van der Waals surface area contributed by atoms with E-state index < -0.39 is 0 Å². The molecular weight excluding hydrogens is 262 g/mol. The first-order valence-corrected chi connectivity index (χ1v) is 7.74. The van der Waals surface area contributed by atoms with Crippen molar-refractivity contribution in [1.29, 1.82) is 0 Å². The zero-order valence-electron chi connectivity index (χ0n) is 12.3. The number of nitrogens with zero attached hydrogens (tertiary/aromatic N) is 1. The van der Waals surface area contributed by atoms with Crippen molar-refractivity contribution >= 4 is 17.5 Å². The molecule has 0 unspecified atom stereocenters. The second-order valence-corrected chi connectivity index (χ2v) is 6.76. The predicted molar refractivity (Wildman–Crippen MR) is 80.7 cm³/mol. The standard InChI is InChI=1S/C18H19NO2/c1-10(2)11-5-7-14(8-6-11)19-17(20)15-12-3-4-13(9-12)16(15)18(19)21/h3-8,10,12-13,15-16H,9H2,1-2H3/t12-,13-,15-,16-/m0/s1. The molecule has 0 N–H and O–H groups in total. The highest BCUT2D eigenvalue weighted by molar-refractivity contribution is 6.22. The van der Waals surface area contributed by atoms with Gasteiger partial charge in [-0.25, -0.2) is 0 Å². The van der Waals surface area contributed by atoms with Gasteiger partial charge in [0.2, 0.25) is 11.8 Å². The lowest BCUT2D eigenvalue weighted by atomic mass is 9.85. The average Bonchev–Trinajstić information content (AvgIpc) is 3.13. The summed E-state index contributed by atoms with van der Waals surface area (Å²) in [6.07, 6.45) is 5.23. The third-order valence-electron chi connectivity index (χ3n) is 5.29. The van der Waals surface area contributed by atoms with Crippen LogP contribution in [0.25, 0.3) is 0 Å². The number of benzene rings is 1. The Morgan fingerprint density at radius 3 is 1.95 bits per heavy atom. The van der Waals surface area contributed by atoms with Crippen molar-refractivity contribution in [2.45, 2.75) is 26.2 Å². The second-order valence-electron chi connectivity index (χ2n) is 6.76. The number of rotatable bonds is 2. The maximum Gasteiger partial charge on any atom is 0.238 e. The van der Waals surface area contributed by atoms with Crippen molar-refractivity contribution in [2.75, 3.05) is 4.90 Å². The van der Waals surface area contributed by atoms with Gasteiger partial charge in [0.15, 0.2) is 0 Å². The Hall–Kier alpha value is -1.90. The second kappa shape index (κ2) is 4.30. The van der Waals surface area contributed by atoms with E-state index in [1.165, 1.54) is 10.5 Å². The van der Waals surface area contributed by atoms with Crippen LogP contribution in [0.4, 0.5) is 5.69 Å². The van der Waals surface area contributed by atoms with E-state index in [0.717, 1.165) is 12.1 Å². The predicted octanol–water partition coefficient (Wildman–Crippen LogP) is 3.12. The van der Waals surface area contributed by atoms with E-state index in [1.807, 2.05) is 24.3 Å². The Kier molecular flexibility index (Phi) is 2.62. The number of imide groups is 1. The third-order valence-corrected chi connectivity index (χ3v) is 5.29. The van der Waals surface area contributed by atoms with E-state index in [0.29, 0.717) is 5.92 Å². The van der Waals surface area contributed by atoms with Gasteiger partial charge in [-0.1, -0.05) is 38.1 Å². The van der Waals surface area contributed by atoms with Crippen LogP contribution < -0.4 is 4.90 Å². The van der Waals surface area contributed by atoms with E-state index in [9.17, 15) is 9.59 Å². The van der Waals surface area contributed by atoms with Crippen molar-refractivity contribution in [3.63, 3.8) is 0 Å². The fourth-order valence-electron chi connectivity index (χ4n) is 4.17. The highest BCUT2D eigenvalue weighted by Crippen LogP contribution is 2.53. The molecule has 3 heteroatoms. The van der Waals surface area contributed by atoms with Gasteiger partial charge < -0.3 is 0 Å². The van der Waals surface area contributed by atoms with Gasteiger partial charge in [0.1, 0.15) is 0 Å². The Morgan fingerprint density at radius 1 is 0.952 bits per heavy atom. The average molecular weight is 281 g/mol. The van der Waals surface area contributed by atoms with Crippen LogP contribution in [-0.2, 0) is 9.59 Å². The molecule has 0 radical (unpaired) electrons. The molecule has 2 amide bonds. The molecule has 21 heavy (non-hydrogen) atoms. The number of hydrogen-bond acceptors (Lipinski definition) is 2. The minimum Gasteiger partial charge on any atom is -0.274 e. The van der Waals surface area contributed by atoms with Gasteiger partial charge in [-0.15, -0.1) is 0 Å². The van der Waals surface area contributed by atoms with Gasteiger partial charge in [-0.2, -0.15) is 0 Å². The van der Waals surface area contributed by atoms with Gasteiger partial charge >= 0.3 is 0 Å². The van der Waals surface area contributed by atoms with Crippen molar-refractivity contribution in [3.8, 4) is 0 Å². The molecule has 1 saturated carbocycles. The smallest absolute Gasteiger partial charge is 0.238 e. The minimum absolute atomic E-state index is 0.000790. The van der Waals surface area contributed by atoms with Gasteiger partial charge in [-0.05, 0) is 41.9 Å². The quantitative estimate of drug-likeness (QED) is 0.617. The molecule has 1 aromatic rings. The Bertz CT molecular complexity index is 614.